The Morgan fingerprint density at radius 1 is 1.08 bits per heavy atom. The number of hydrogen-bond donors (Lipinski definition) is 2. The van der Waals surface area contributed by atoms with Gasteiger partial charge < -0.3 is 5.32 Å². The number of halogens is 3. The van der Waals surface area contributed by atoms with E-state index in [4.69, 9.17) is 5.84 Å². The number of aromatic nitrogens is 1. The Bertz CT molecular complexity index is 1360. The van der Waals surface area contributed by atoms with E-state index in [1.165, 1.54) is 34.8 Å². The van der Waals surface area contributed by atoms with Crippen LogP contribution in [-0.4, -0.2) is 55.5 Å². The number of piperazine rings is 1. The lowest BCUT2D eigenvalue weighted by atomic mass is 9.88. The number of nitrogens with two attached hydrogens (primary N) is 1. The molecule has 2 aromatic carbocycles. The van der Waals surface area contributed by atoms with Crippen LogP contribution in [0.2, 0.25) is 0 Å². The zero-order chi connectivity index (χ0) is 28.2. The van der Waals surface area contributed by atoms with Gasteiger partial charge in [0.25, 0.3) is 0 Å². The average molecular weight is 562 g/mol. The lowest BCUT2D eigenvalue weighted by molar-refractivity contribution is -0.118. The molecule has 1 aromatic heterocycles. The minimum Gasteiger partial charge on any atom is -0.314 e. The van der Waals surface area contributed by atoms with Gasteiger partial charge in [0.15, 0.2) is 0 Å². The van der Waals surface area contributed by atoms with Gasteiger partial charge in [-0.25, -0.2) is 32.4 Å². The minimum absolute atomic E-state index is 0.0617. The molecule has 1 aliphatic rings. The molecule has 2 heterocycles. The zero-order valence-corrected chi connectivity index (χ0v) is 22.2. The Labute approximate surface area is 225 Å². The number of carbonyl (C=O) groups is 1. The summed E-state index contributed by atoms with van der Waals surface area (Å²) in [5.41, 5.74) is 1.44. The van der Waals surface area contributed by atoms with Gasteiger partial charge in [0.1, 0.15) is 17.5 Å². The van der Waals surface area contributed by atoms with Crippen LogP contribution in [-0.2, 0) is 21.2 Å². The molecule has 0 saturated carbocycles. The van der Waals surface area contributed by atoms with E-state index in [-0.39, 0.29) is 24.1 Å². The molecule has 0 aliphatic carbocycles. The van der Waals surface area contributed by atoms with Gasteiger partial charge in [0, 0.05) is 43.6 Å². The summed E-state index contributed by atoms with van der Waals surface area (Å²) in [6.07, 6.45) is 3.69. The van der Waals surface area contributed by atoms with E-state index in [0.29, 0.717) is 37.2 Å². The van der Waals surface area contributed by atoms with Crippen molar-refractivity contribution in [2.24, 2.45) is 5.84 Å². The number of hydrazine groups is 1. The fourth-order valence-corrected chi connectivity index (χ4v) is 6.01. The number of benzene rings is 2. The van der Waals surface area contributed by atoms with Crippen molar-refractivity contribution < 1.29 is 26.4 Å². The summed E-state index contributed by atoms with van der Waals surface area (Å²) in [7, 11) is -3.45. The first kappa shape index (κ1) is 28.7. The number of nitrogens with one attached hydrogen (secondary N) is 1. The molecule has 208 valence electrons. The van der Waals surface area contributed by atoms with Crippen molar-refractivity contribution in [1.29, 1.82) is 0 Å². The number of carbonyl (C=O) groups excluding carboxylic acids is 1. The van der Waals surface area contributed by atoms with Gasteiger partial charge in [-0.2, -0.15) is 4.31 Å². The number of nitrogens with zero attached hydrogens (tertiary/aromatic N) is 3. The maximum atomic E-state index is 15.0. The fourth-order valence-electron chi connectivity index (χ4n) is 4.87. The number of hydrogen-bond acceptors (Lipinski definition) is 6. The predicted octanol–water partition coefficient (Wildman–Crippen LogP) is 3.09. The van der Waals surface area contributed by atoms with Crippen LogP contribution in [0, 0.1) is 17.5 Å². The van der Waals surface area contributed by atoms with Crippen LogP contribution < -0.4 is 16.2 Å². The van der Waals surface area contributed by atoms with Crippen molar-refractivity contribution >= 4 is 21.6 Å². The van der Waals surface area contributed by atoms with E-state index in [1.54, 1.807) is 24.3 Å². The van der Waals surface area contributed by atoms with Crippen molar-refractivity contribution in [3.8, 4) is 0 Å². The van der Waals surface area contributed by atoms with Crippen LogP contribution in [0.25, 0.3) is 0 Å². The molecule has 4 rings (SSSR count). The van der Waals surface area contributed by atoms with Crippen molar-refractivity contribution in [3.63, 3.8) is 0 Å². The molecule has 1 aliphatic heterocycles. The van der Waals surface area contributed by atoms with Crippen LogP contribution in [0.3, 0.4) is 0 Å². The van der Waals surface area contributed by atoms with Crippen molar-refractivity contribution in [2.75, 3.05) is 30.9 Å². The molecule has 0 radical (unpaired) electrons. The summed E-state index contributed by atoms with van der Waals surface area (Å²) in [5.74, 6) is 3.50. The Morgan fingerprint density at radius 3 is 2.23 bits per heavy atom. The van der Waals surface area contributed by atoms with Gasteiger partial charge in [0.05, 0.1) is 24.3 Å². The normalized spacial score (nSPS) is 16.4. The Balaban J connectivity index is 1.57. The minimum atomic E-state index is -3.45. The molecular weight excluding hydrogens is 531 g/mol. The zero-order valence-electron chi connectivity index (χ0n) is 21.4. The van der Waals surface area contributed by atoms with Gasteiger partial charge in [-0.05, 0) is 48.2 Å². The molecule has 1 amide bonds. The maximum absolute atomic E-state index is 15.0. The molecule has 1 fully saturated rings. The van der Waals surface area contributed by atoms with Gasteiger partial charge in [-0.3, -0.25) is 9.78 Å². The summed E-state index contributed by atoms with van der Waals surface area (Å²) < 4.78 is 67.9. The highest BCUT2D eigenvalue weighted by Crippen LogP contribution is 2.31. The molecule has 0 spiro atoms. The first-order valence-corrected chi connectivity index (χ1v) is 14.3. The topological polar surface area (TPSA) is 109 Å². The molecule has 3 aromatic rings. The molecule has 8 nitrogen and oxygen atoms in total. The van der Waals surface area contributed by atoms with Crippen molar-refractivity contribution in [2.45, 2.75) is 31.2 Å². The molecule has 1 unspecified atom stereocenters. The number of amides is 1. The molecule has 1 atom stereocenters. The van der Waals surface area contributed by atoms with Crippen molar-refractivity contribution in [1.82, 2.24) is 14.6 Å². The summed E-state index contributed by atoms with van der Waals surface area (Å²) in [4.78, 5) is 17.3. The fraction of sp³-hybridized carbons (Fsp3) is 0.333. The monoisotopic (exact) mass is 561 g/mol. The number of rotatable bonds is 9. The van der Waals surface area contributed by atoms with Gasteiger partial charge in [-0.15, -0.1) is 0 Å². The largest absolute Gasteiger partial charge is 0.314 e. The van der Waals surface area contributed by atoms with Gasteiger partial charge in [0.2, 0.25) is 15.9 Å². The molecular formula is C27H30F3N5O3S. The lowest BCUT2D eigenvalue weighted by Gasteiger charge is -2.34. The third kappa shape index (κ3) is 7.01. The molecule has 39 heavy (non-hydrogen) atoms. The van der Waals surface area contributed by atoms with E-state index in [0.717, 1.165) is 17.5 Å². The molecule has 12 heteroatoms. The summed E-state index contributed by atoms with van der Waals surface area (Å²) >= 11 is 0. The Kier molecular flexibility index (Phi) is 9.01. The van der Waals surface area contributed by atoms with Gasteiger partial charge >= 0.3 is 0 Å². The van der Waals surface area contributed by atoms with Gasteiger partial charge in [-0.1, -0.05) is 24.3 Å². The quantitative estimate of drug-likeness (QED) is 0.236. The van der Waals surface area contributed by atoms with Crippen LogP contribution in [0.15, 0.2) is 60.9 Å². The first-order valence-electron chi connectivity index (χ1n) is 12.4. The average Bonchev–Trinajstić information content (AvgIpc) is 2.91. The molecule has 0 bridgehead atoms. The van der Waals surface area contributed by atoms with E-state index >= 15 is 0 Å². The second-order valence-electron chi connectivity index (χ2n) is 9.51. The van der Waals surface area contributed by atoms with E-state index in [1.807, 2.05) is 0 Å². The summed E-state index contributed by atoms with van der Waals surface area (Å²) in [5, 5.41) is 3.99. The molecule has 1 saturated heterocycles. The van der Waals surface area contributed by atoms with E-state index in [9.17, 15) is 26.4 Å². The summed E-state index contributed by atoms with van der Waals surface area (Å²) in [6, 6.07) is 10.8. The summed E-state index contributed by atoms with van der Waals surface area (Å²) in [6.45, 7) is 1.25. The van der Waals surface area contributed by atoms with Crippen LogP contribution >= 0.6 is 0 Å². The third-order valence-electron chi connectivity index (χ3n) is 6.88. The smallest absolute Gasteiger partial charge is 0.242 e. The van der Waals surface area contributed by atoms with Crippen LogP contribution in [0.5, 0.6) is 0 Å². The first-order chi connectivity index (χ1) is 18.5. The van der Waals surface area contributed by atoms with E-state index in [2.05, 4.69) is 10.3 Å². The highest BCUT2D eigenvalue weighted by molar-refractivity contribution is 7.88. The SMILES string of the molecule is CS(=O)(=O)N1CCNCC1CCc1c(F)cncc1N(N)C(=O)CC(c1ccc(F)cc1)c1ccc(F)cc1. The third-order valence-corrected chi connectivity index (χ3v) is 8.22. The Hall–Kier alpha value is -3.32. The van der Waals surface area contributed by atoms with E-state index < -0.39 is 45.3 Å². The molecule has 3 N–H and O–H groups in total. The predicted molar refractivity (Wildman–Crippen MR) is 142 cm³/mol. The second kappa shape index (κ2) is 12.2. The van der Waals surface area contributed by atoms with Crippen molar-refractivity contribution in [3.05, 3.63) is 95.1 Å². The lowest BCUT2D eigenvalue weighted by Crippen LogP contribution is -2.53. The number of pyridine rings is 1. The second-order valence-corrected chi connectivity index (χ2v) is 11.4. The van der Waals surface area contributed by atoms with Crippen LogP contribution in [0.1, 0.15) is 35.4 Å². The maximum Gasteiger partial charge on any atom is 0.242 e. The Morgan fingerprint density at radius 2 is 1.67 bits per heavy atom. The number of anilines is 1. The highest BCUT2D eigenvalue weighted by Gasteiger charge is 2.30. The van der Waals surface area contributed by atoms with Crippen LogP contribution in [0.4, 0.5) is 18.9 Å². The highest BCUT2D eigenvalue weighted by atomic mass is 32.2. The number of sulfonamides is 1. The standard InChI is InChI=1S/C27H30F3N5O3S/c1-39(37,38)34-13-12-32-15-22(34)10-11-23-25(30)16-33-17-26(23)35(31)27(36)14-24(18-2-6-20(28)7-3-18)19-4-8-21(29)9-5-19/h2-9,16-17,22,24,32H,10-15,31H2,1H3.